The fourth-order valence-corrected chi connectivity index (χ4v) is 3.01. The van der Waals surface area contributed by atoms with Gasteiger partial charge < -0.3 is 4.72 Å². The second-order valence-electron chi connectivity index (χ2n) is 4.73. The van der Waals surface area contributed by atoms with E-state index in [-0.39, 0.29) is 0 Å². The van der Waals surface area contributed by atoms with Crippen LogP contribution in [-0.4, -0.2) is 11.3 Å². The van der Waals surface area contributed by atoms with Crippen molar-refractivity contribution in [1.82, 2.24) is 4.98 Å². The van der Waals surface area contributed by atoms with Gasteiger partial charge in [-0.15, -0.1) is 0 Å². The summed E-state index contributed by atoms with van der Waals surface area (Å²) in [5, 5.41) is 1.12. The lowest BCUT2D eigenvalue weighted by molar-refractivity contribution is 0.112. The molecule has 0 fully saturated rings. The number of hydrogen-bond acceptors (Lipinski definition) is 4. The van der Waals surface area contributed by atoms with Gasteiger partial charge in [0.1, 0.15) is 6.29 Å². The molecule has 0 saturated heterocycles. The molecule has 3 nitrogen and oxygen atoms in total. The Kier molecular flexibility index (Phi) is 3.88. The highest BCUT2D eigenvalue weighted by molar-refractivity contribution is 8.00. The molecule has 0 aliphatic heterocycles. The Morgan fingerprint density at radius 3 is 2.81 bits per heavy atom. The summed E-state index contributed by atoms with van der Waals surface area (Å²) in [6, 6.07) is 15.7. The molecule has 21 heavy (non-hydrogen) atoms. The molecule has 0 radical (unpaired) electrons. The van der Waals surface area contributed by atoms with E-state index in [1.165, 1.54) is 11.9 Å². The van der Waals surface area contributed by atoms with E-state index in [9.17, 15) is 4.79 Å². The van der Waals surface area contributed by atoms with Gasteiger partial charge in [-0.25, -0.2) is 0 Å². The third-order valence-corrected chi connectivity index (χ3v) is 4.12. The number of rotatable bonds is 4. The summed E-state index contributed by atoms with van der Waals surface area (Å²) in [5.74, 6) is 0. The Hall–Kier alpha value is -2.33. The predicted molar refractivity (Wildman–Crippen MR) is 87.8 cm³/mol. The maximum atomic E-state index is 10.8. The van der Waals surface area contributed by atoms with E-state index in [1.807, 2.05) is 43.3 Å². The van der Waals surface area contributed by atoms with Crippen molar-refractivity contribution < 1.29 is 4.79 Å². The molecule has 3 rings (SSSR count). The first-order valence-electron chi connectivity index (χ1n) is 6.60. The number of fused-ring (bicyclic) bond motifs is 1. The van der Waals surface area contributed by atoms with E-state index in [2.05, 4.69) is 21.8 Å². The summed E-state index contributed by atoms with van der Waals surface area (Å²) in [4.78, 5) is 16.3. The highest BCUT2D eigenvalue weighted by atomic mass is 32.2. The van der Waals surface area contributed by atoms with Crippen LogP contribution in [-0.2, 0) is 0 Å². The van der Waals surface area contributed by atoms with Gasteiger partial charge in [-0.2, -0.15) is 0 Å². The number of para-hydroxylation sites is 1. The van der Waals surface area contributed by atoms with Gasteiger partial charge in [-0.1, -0.05) is 18.2 Å². The summed E-state index contributed by atoms with van der Waals surface area (Å²) >= 11 is 1.53. The van der Waals surface area contributed by atoms with Gasteiger partial charge >= 0.3 is 0 Å². The van der Waals surface area contributed by atoms with Crippen molar-refractivity contribution in [2.24, 2.45) is 0 Å². The summed E-state index contributed by atoms with van der Waals surface area (Å²) in [7, 11) is 0. The smallest absolute Gasteiger partial charge is 0.150 e. The van der Waals surface area contributed by atoms with Crippen LogP contribution < -0.4 is 4.72 Å². The first-order chi connectivity index (χ1) is 10.3. The van der Waals surface area contributed by atoms with Crippen molar-refractivity contribution in [3.8, 4) is 0 Å². The van der Waals surface area contributed by atoms with Crippen LogP contribution in [0.3, 0.4) is 0 Å². The average molecular weight is 294 g/mol. The van der Waals surface area contributed by atoms with E-state index in [4.69, 9.17) is 0 Å². The number of nitrogens with one attached hydrogen (secondary N) is 1. The summed E-state index contributed by atoms with van der Waals surface area (Å²) in [6.45, 7) is 1.98. The van der Waals surface area contributed by atoms with Gasteiger partial charge in [0, 0.05) is 22.8 Å². The SMILES string of the molecule is Cc1cc(C=O)ccc1NSc1cccc2cccnc12. The average Bonchev–Trinajstić information content (AvgIpc) is 2.53. The Balaban J connectivity index is 1.85. The Bertz CT molecular complexity index is 796. The van der Waals surface area contributed by atoms with Crippen molar-refractivity contribution in [2.75, 3.05) is 4.72 Å². The van der Waals surface area contributed by atoms with Crippen LogP contribution in [0.4, 0.5) is 5.69 Å². The molecule has 1 N–H and O–H groups in total. The second-order valence-corrected chi connectivity index (χ2v) is 5.58. The molecule has 0 aliphatic carbocycles. The monoisotopic (exact) mass is 294 g/mol. The maximum Gasteiger partial charge on any atom is 0.150 e. The predicted octanol–water partition coefficient (Wildman–Crippen LogP) is 4.47. The van der Waals surface area contributed by atoms with Gasteiger partial charge in [0.25, 0.3) is 0 Å². The standard InChI is InChI=1S/C17H14N2OS/c1-12-10-13(11-20)7-8-15(12)19-21-16-6-2-4-14-5-3-9-18-17(14)16/h2-11,19H,1H3. The van der Waals surface area contributed by atoms with Crippen molar-refractivity contribution >= 4 is 34.8 Å². The quantitative estimate of drug-likeness (QED) is 0.569. The van der Waals surface area contributed by atoms with Crippen LogP contribution in [0.2, 0.25) is 0 Å². The lowest BCUT2D eigenvalue weighted by Gasteiger charge is -2.10. The number of carbonyl (C=O) groups excluding carboxylic acids is 1. The number of anilines is 1. The molecule has 1 aromatic heterocycles. The van der Waals surface area contributed by atoms with E-state index in [1.54, 1.807) is 6.20 Å². The molecule has 0 unspecified atom stereocenters. The van der Waals surface area contributed by atoms with Gasteiger partial charge in [0.05, 0.1) is 10.4 Å². The number of nitrogens with zero attached hydrogens (tertiary/aromatic N) is 1. The second kappa shape index (κ2) is 5.97. The fourth-order valence-electron chi connectivity index (χ4n) is 2.14. The molecule has 0 bridgehead atoms. The van der Waals surface area contributed by atoms with Crippen molar-refractivity contribution in [3.63, 3.8) is 0 Å². The zero-order valence-electron chi connectivity index (χ0n) is 11.5. The van der Waals surface area contributed by atoms with Crippen LogP contribution in [0.1, 0.15) is 15.9 Å². The minimum absolute atomic E-state index is 0.690. The van der Waals surface area contributed by atoms with Gasteiger partial charge in [0.2, 0.25) is 0 Å². The van der Waals surface area contributed by atoms with E-state index in [0.717, 1.165) is 33.3 Å². The number of aryl methyl sites for hydroxylation is 1. The fraction of sp³-hybridized carbons (Fsp3) is 0.0588. The zero-order valence-corrected chi connectivity index (χ0v) is 12.4. The van der Waals surface area contributed by atoms with Gasteiger partial charge in [-0.3, -0.25) is 9.78 Å². The maximum absolute atomic E-state index is 10.8. The van der Waals surface area contributed by atoms with E-state index in [0.29, 0.717) is 5.56 Å². The molecular weight excluding hydrogens is 280 g/mol. The first-order valence-corrected chi connectivity index (χ1v) is 7.42. The molecule has 104 valence electrons. The minimum atomic E-state index is 0.690. The highest BCUT2D eigenvalue weighted by Gasteiger charge is 2.04. The Morgan fingerprint density at radius 1 is 1.14 bits per heavy atom. The van der Waals surface area contributed by atoms with Gasteiger partial charge in [-0.05, 0) is 54.8 Å². The highest BCUT2D eigenvalue weighted by Crippen LogP contribution is 2.28. The van der Waals surface area contributed by atoms with Crippen LogP contribution in [0.5, 0.6) is 0 Å². The topological polar surface area (TPSA) is 42.0 Å². The van der Waals surface area contributed by atoms with Crippen molar-refractivity contribution in [2.45, 2.75) is 11.8 Å². The van der Waals surface area contributed by atoms with Crippen molar-refractivity contribution in [3.05, 3.63) is 65.9 Å². The van der Waals surface area contributed by atoms with E-state index < -0.39 is 0 Å². The third kappa shape index (κ3) is 2.90. The molecular formula is C17H14N2OS. The summed E-state index contributed by atoms with van der Waals surface area (Å²) < 4.78 is 3.33. The Morgan fingerprint density at radius 2 is 2.00 bits per heavy atom. The number of aldehydes is 1. The summed E-state index contributed by atoms with van der Waals surface area (Å²) in [6.07, 6.45) is 2.66. The molecule has 0 atom stereocenters. The third-order valence-electron chi connectivity index (χ3n) is 3.25. The number of aromatic nitrogens is 1. The molecule has 0 amide bonds. The summed E-state index contributed by atoms with van der Waals surface area (Å²) in [5.41, 5.74) is 3.72. The normalized spacial score (nSPS) is 10.5. The molecule has 0 aliphatic rings. The Labute approximate surface area is 127 Å². The van der Waals surface area contributed by atoms with Crippen LogP contribution in [0, 0.1) is 6.92 Å². The van der Waals surface area contributed by atoms with Crippen LogP contribution >= 0.6 is 11.9 Å². The number of pyridine rings is 1. The molecule has 3 aromatic rings. The van der Waals surface area contributed by atoms with Crippen molar-refractivity contribution in [1.29, 1.82) is 0 Å². The molecule has 1 heterocycles. The van der Waals surface area contributed by atoms with E-state index >= 15 is 0 Å². The number of benzene rings is 2. The number of carbonyl (C=O) groups is 1. The molecule has 4 heteroatoms. The molecule has 0 saturated carbocycles. The molecule has 2 aromatic carbocycles. The minimum Gasteiger partial charge on any atom is -0.325 e. The van der Waals surface area contributed by atoms with Crippen LogP contribution in [0.25, 0.3) is 10.9 Å². The zero-order chi connectivity index (χ0) is 14.7. The number of hydrogen-bond donors (Lipinski definition) is 1. The van der Waals surface area contributed by atoms with Gasteiger partial charge in [0.15, 0.2) is 0 Å². The molecule has 0 spiro atoms. The largest absolute Gasteiger partial charge is 0.325 e. The lowest BCUT2D eigenvalue weighted by atomic mass is 10.1. The first kappa shape index (κ1) is 13.6. The lowest BCUT2D eigenvalue weighted by Crippen LogP contribution is -1.92. The van der Waals surface area contributed by atoms with Crippen LogP contribution in [0.15, 0.2) is 59.6 Å².